The first-order valence-corrected chi connectivity index (χ1v) is 9.00. The van der Waals surface area contributed by atoms with Gasteiger partial charge in [0.15, 0.2) is 0 Å². The topological polar surface area (TPSA) is 86.7 Å². The fourth-order valence-corrected chi connectivity index (χ4v) is 4.44. The van der Waals surface area contributed by atoms with E-state index >= 15 is 0 Å². The fourth-order valence-electron chi connectivity index (χ4n) is 4.44. The number of hydrogen-bond donors (Lipinski definition) is 2. The maximum Gasteiger partial charge on any atom is 0.240 e. The number of nitrogens with one attached hydrogen (secondary N) is 1. The lowest BCUT2D eigenvalue weighted by Gasteiger charge is -2.18. The lowest BCUT2D eigenvalue weighted by Crippen LogP contribution is -2.42. The molecule has 0 spiro atoms. The summed E-state index contributed by atoms with van der Waals surface area (Å²) in [7, 11) is 0. The van der Waals surface area contributed by atoms with Crippen LogP contribution in [0.5, 0.6) is 0 Å². The minimum absolute atomic E-state index is 0.0395. The van der Waals surface area contributed by atoms with E-state index in [9.17, 15) is 19.5 Å². The summed E-state index contributed by atoms with van der Waals surface area (Å²) < 4.78 is 0. The van der Waals surface area contributed by atoms with E-state index in [1.165, 1.54) is 0 Å². The largest absolute Gasteiger partial charge is 0.387 e. The molecule has 136 valence electrons. The molecule has 0 radical (unpaired) electrons. The van der Waals surface area contributed by atoms with E-state index < -0.39 is 12.0 Å². The summed E-state index contributed by atoms with van der Waals surface area (Å²) in [5, 5.41) is 12.8. The Bertz CT molecular complexity index is 756. The van der Waals surface area contributed by atoms with Crippen molar-refractivity contribution in [1.82, 2.24) is 10.2 Å². The Kier molecular flexibility index (Phi) is 4.15. The monoisotopic (exact) mass is 354 g/mol. The van der Waals surface area contributed by atoms with E-state index in [1.54, 1.807) is 0 Å². The smallest absolute Gasteiger partial charge is 0.240 e. The van der Waals surface area contributed by atoms with Crippen LogP contribution in [0.25, 0.3) is 0 Å². The number of likely N-dealkylation sites (tertiary alicyclic amines) is 1. The normalized spacial score (nSPS) is 30.0. The Hall–Kier alpha value is -2.47. The molecule has 2 aliphatic carbocycles. The maximum atomic E-state index is 12.6. The minimum Gasteiger partial charge on any atom is -0.387 e. The number of amides is 3. The molecule has 1 aromatic rings. The number of aryl methyl sites for hydroxylation is 1. The van der Waals surface area contributed by atoms with Crippen molar-refractivity contribution in [2.45, 2.75) is 19.4 Å². The van der Waals surface area contributed by atoms with Gasteiger partial charge in [0.25, 0.3) is 0 Å². The van der Waals surface area contributed by atoms with E-state index in [4.69, 9.17) is 0 Å². The number of imide groups is 1. The number of benzene rings is 1. The highest BCUT2D eigenvalue weighted by Gasteiger charge is 2.59. The second kappa shape index (κ2) is 6.36. The molecule has 1 saturated heterocycles. The van der Waals surface area contributed by atoms with E-state index in [0.29, 0.717) is 5.56 Å². The molecule has 4 rings (SSSR count). The highest BCUT2D eigenvalue weighted by Crippen LogP contribution is 2.52. The molecule has 2 fully saturated rings. The van der Waals surface area contributed by atoms with E-state index in [1.807, 2.05) is 43.3 Å². The third kappa shape index (κ3) is 2.74. The Labute approximate surface area is 151 Å². The van der Waals surface area contributed by atoms with Crippen LogP contribution in [0.2, 0.25) is 0 Å². The third-order valence-electron chi connectivity index (χ3n) is 5.82. The van der Waals surface area contributed by atoms with Crippen molar-refractivity contribution in [3.63, 3.8) is 0 Å². The summed E-state index contributed by atoms with van der Waals surface area (Å²) in [5.74, 6) is -1.20. The van der Waals surface area contributed by atoms with Gasteiger partial charge in [-0.3, -0.25) is 19.3 Å². The summed E-state index contributed by atoms with van der Waals surface area (Å²) in [4.78, 5) is 38.4. The molecule has 2 N–H and O–H groups in total. The summed E-state index contributed by atoms with van der Waals surface area (Å²) >= 11 is 0. The number of carbonyl (C=O) groups excluding carboxylic acids is 3. The van der Waals surface area contributed by atoms with Gasteiger partial charge >= 0.3 is 0 Å². The molecule has 3 amide bonds. The van der Waals surface area contributed by atoms with Gasteiger partial charge in [-0.15, -0.1) is 0 Å². The number of hydrogen-bond acceptors (Lipinski definition) is 4. The zero-order valence-corrected chi connectivity index (χ0v) is 14.6. The van der Waals surface area contributed by atoms with Gasteiger partial charge in [0.2, 0.25) is 17.7 Å². The van der Waals surface area contributed by atoms with Crippen LogP contribution in [-0.2, 0) is 14.4 Å². The highest BCUT2D eigenvalue weighted by atomic mass is 16.3. The summed E-state index contributed by atoms with van der Waals surface area (Å²) in [6.45, 7) is 1.72. The lowest BCUT2D eigenvalue weighted by molar-refractivity contribution is -0.144. The first-order chi connectivity index (χ1) is 12.5. The van der Waals surface area contributed by atoms with Crippen LogP contribution in [-0.4, -0.2) is 40.8 Å². The van der Waals surface area contributed by atoms with Crippen LogP contribution in [0.1, 0.15) is 23.7 Å². The summed E-state index contributed by atoms with van der Waals surface area (Å²) in [5.41, 5.74) is 1.80. The minimum atomic E-state index is -0.830. The first kappa shape index (κ1) is 17.0. The van der Waals surface area contributed by atoms with Gasteiger partial charge in [-0.25, -0.2) is 0 Å². The first-order valence-electron chi connectivity index (χ1n) is 9.00. The van der Waals surface area contributed by atoms with Crippen LogP contribution in [0.3, 0.4) is 0 Å². The number of aliphatic hydroxyl groups excluding tert-OH is 1. The summed E-state index contributed by atoms with van der Waals surface area (Å²) in [6, 6.07) is 7.40. The Morgan fingerprint density at radius 1 is 1.15 bits per heavy atom. The lowest BCUT2D eigenvalue weighted by atomic mass is 9.85. The number of allylic oxidation sites excluding steroid dienone is 2. The standard InChI is InChI=1S/C20H22N2O4/c1-11-2-4-12(5-3-11)15(23)9-21-16(24)10-22-19(25)17-13-6-7-14(8-13)18(17)20(22)26/h2-7,13-15,17-18,23H,8-10H2,1H3,(H,21,24)/t13-,14-,15+,17-,18+/m0/s1. The number of aliphatic hydroxyl groups is 1. The molecule has 1 saturated carbocycles. The zero-order valence-electron chi connectivity index (χ0n) is 14.6. The van der Waals surface area contributed by atoms with Gasteiger partial charge in [0, 0.05) is 6.54 Å². The average Bonchev–Trinajstić information content (AvgIpc) is 3.30. The van der Waals surface area contributed by atoms with Gasteiger partial charge in [-0.05, 0) is 30.7 Å². The number of fused-ring (bicyclic) bond motifs is 5. The van der Waals surface area contributed by atoms with E-state index in [-0.39, 0.29) is 48.6 Å². The van der Waals surface area contributed by atoms with Crippen molar-refractivity contribution >= 4 is 17.7 Å². The molecule has 0 aromatic heterocycles. The molecule has 26 heavy (non-hydrogen) atoms. The van der Waals surface area contributed by atoms with Crippen LogP contribution in [0.4, 0.5) is 0 Å². The van der Waals surface area contributed by atoms with Gasteiger partial charge in [0.1, 0.15) is 6.54 Å². The molecule has 3 aliphatic rings. The molecular formula is C20H22N2O4. The highest BCUT2D eigenvalue weighted by molar-refractivity contribution is 6.08. The van der Waals surface area contributed by atoms with Gasteiger partial charge in [-0.1, -0.05) is 42.0 Å². The molecule has 1 aliphatic heterocycles. The number of nitrogens with zero attached hydrogens (tertiary/aromatic N) is 1. The van der Waals surface area contributed by atoms with Crippen LogP contribution < -0.4 is 5.32 Å². The van der Waals surface area contributed by atoms with Gasteiger partial charge in [0.05, 0.1) is 17.9 Å². The van der Waals surface area contributed by atoms with Gasteiger partial charge < -0.3 is 10.4 Å². The predicted octanol–water partition coefficient (Wildman–Crippen LogP) is 0.952. The van der Waals surface area contributed by atoms with Crippen molar-refractivity contribution in [1.29, 1.82) is 0 Å². The SMILES string of the molecule is Cc1ccc([C@H](O)CNC(=O)CN2C(=O)[C@@H]3[C@H](C2=O)[C@H]2C=C[C@H]3C2)cc1. The molecule has 0 unspecified atom stereocenters. The van der Waals surface area contributed by atoms with Crippen molar-refractivity contribution in [2.75, 3.05) is 13.1 Å². The number of carbonyl (C=O) groups is 3. The second-order valence-electron chi connectivity index (χ2n) is 7.49. The molecule has 1 heterocycles. The van der Waals surface area contributed by atoms with Crippen LogP contribution in [0, 0.1) is 30.6 Å². The Morgan fingerprint density at radius 2 is 1.73 bits per heavy atom. The molecule has 2 bridgehead atoms. The predicted molar refractivity (Wildman–Crippen MR) is 93.6 cm³/mol. The Morgan fingerprint density at radius 3 is 2.31 bits per heavy atom. The molecular weight excluding hydrogens is 332 g/mol. The average molecular weight is 354 g/mol. The Balaban J connectivity index is 1.33. The van der Waals surface area contributed by atoms with E-state index in [0.717, 1.165) is 16.9 Å². The van der Waals surface area contributed by atoms with E-state index in [2.05, 4.69) is 5.32 Å². The maximum absolute atomic E-state index is 12.6. The molecule has 6 heteroatoms. The third-order valence-corrected chi connectivity index (χ3v) is 5.82. The fraction of sp³-hybridized carbons (Fsp3) is 0.450. The second-order valence-corrected chi connectivity index (χ2v) is 7.49. The van der Waals surface area contributed by atoms with Crippen LogP contribution >= 0.6 is 0 Å². The molecule has 1 aromatic carbocycles. The van der Waals surface area contributed by atoms with Crippen molar-refractivity contribution < 1.29 is 19.5 Å². The van der Waals surface area contributed by atoms with Crippen LogP contribution in [0.15, 0.2) is 36.4 Å². The molecule has 5 atom stereocenters. The quantitative estimate of drug-likeness (QED) is 0.609. The van der Waals surface area contributed by atoms with Crippen molar-refractivity contribution in [3.8, 4) is 0 Å². The number of rotatable bonds is 5. The van der Waals surface area contributed by atoms with Crippen molar-refractivity contribution in [3.05, 3.63) is 47.5 Å². The summed E-state index contributed by atoms with van der Waals surface area (Å²) in [6.07, 6.45) is 4.09. The molecule has 6 nitrogen and oxygen atoms in total. The zero-order chi connectivity index (χ0) is 18.4. The van der Waals surface area contributed by atoms with Crippen molar-refractivity contribution in [2.24, 2.45) is 23.7 Å². The van der Waals surface area contributed by atoms with Gasteiger partial charge in [-0.2, -0.15) is 0 Å².